The summed E-state index contributed by atoms with van der Waals surface area (Å²) >= 11 is 5.86. The fourth-order valence-corrected chi connectivity index (χ4v) is 2.19. The molecule has 0 spiro atoms. The molecule has 2 aromatic carbocycles. The van der Waals surface area contributed by atoms with Gasteiger partial charge in [0.2, 0.25) is 0 Å². The number of aromatic carboxylic acids is 1. The molecule has 19 heavy (non-hydrogen) atoms. The van der Waals surface area contributed by atoms with Gasteiger partial charge in [0.1, 0.15) is 11.3 Å². The lowest BCUT2D eigenvalue weighted by molar-refractivity contribution is 0.0693. The number of carboxylic acids is 1. The monoisotopic (exact) mass is 276 g/mol. The topological polar surface area (TPSA) is 46.5 Å². The molecule has 0 fully saturated rings. The molecule has 0 saturated heterocycles. The number of hydrogen-bond acceptors (Lipinski definition) is 2. The number of ether oxygens (including phenoxy) is 1. The number of halogens is 1. The number of benzene rings is 2. The molecule has 0 unspecified atom stereocenters. The van der Waals surface area contributed by atoms with Crippen molar-refractivity contribution in [1.82, 2.24) is 0 Å². The highest BCUT2D eigenvalue weighted by molar-refractivity contribution is 6.30. The second-order valence-corrected chi connectivity index (χ2v) is 4.57. The highest BCUT2D eigenvalue weighted by Crippen LogP contribution is 2.33. The molecule has 0 heterocycles. The normalized spacial score (nSPS) is 10.3. The Morgan fingerprint density at radius 2 is 1.79 bits per heavy atom. The van der Waals surface area contributed by atoms with E-state index in [0.29, 0.717) is 10.8 Å². The maximum Gasteiger partial charge on any atom is 0.339 e. The van der Waals surface area contributed by atoms with E-state index in [9.17, 15) is 4.79 Å². The van der Waals surface area contributed by atoms with Crippen LogP contribution in [0.25, 0.3) is 11.1 Å². The van der Waals surface area contributed by atoms with Crippen molar-refractivity contribution in [3.05, 3.63) is 52.5 Å². The van der Waals surface area contributed by atoms with E-state index < -0.39 is 5.97 Å². The van der Waals surface area contributed by atoms with Crippen molar-refractivity contribution in [2.45, 2.75) is 6.92 Å². The molecule has 0 aromatic heterocycles. The molecule has 2 rings (SSSR count). The Balaban J connectivity index is 2.60. The van der Waals surface area contributed by atoms with Crippen molar-refractivity contribution >= 4 is 17.6 Å². The second-order valence-electron chi connectivity index (χ2n) is 4.13. The molecule has 0 aliphatic carbocycles. The van der Waals surface area contributed by atoms with Gasteiger partial charge in [0, 0.05) is 5.02 Å². The number of methoxy groups -OCH3 is 1. The van der Waals surface area contributed by atoms with Gasteiger partial charge in [-0.25, -0.2) is 4.79 Å². The molecule has 0 bridgehead atoms. The van der Waals surface area contributed by atoms with Crippen molar-refractivity contribution in [1.29, 1.82) is 0 Å². The van der Waals surface area contributed by atoms with Crippen LogP contribution in [0.5, 0.6) is 5.75 Å². The molecule has 3 nitrogen and oxygen atoms in total. The van der Waals surface area contributed by atoms with Crippen LogP contribution in [-0.2, 0) is 0 Å². The number of carbonyl (C=O) groups is 1. The lowest BCUT2D eigenvalue weighted by Crippen LogP contribution is -2.03. The van der Waals surface area contributed by atoms with Crippen molar-refractivity contribution in [2.24, 2.45) is 0 Å². The molecule has 0 aliphatic heterocycles. The summed E-state index contributed by atoms with van der Waals surface area (Å²) in [5.41, 5.74) is 2.86. The summed E-state index contributed by atoms with van der Waals surface area (Å²) in [4.78, 5) is 11.1. The molecular weight excluding hydrogens is 264 g/mol. The lowest BCUT2D eigenvalue weighted by atomic mass is 9.97. The summed E-state index contributed by atoms with van der Waals surface area (Å²) in [6.45, 7) is 1.84. The first-order chi connectivity index (χ1) is 9.04. The van der Waals surface area contributed by atoms with Crippen LogP contribution in [0.4, 0.5) is 0 Å². The summed E-state index contributed by atoms with van der Waals surface area (Å²) < 4.78 is 5.22. The van der Waals surface area contributed by atoms with Crippen molar-refractivity contribution in [3.63, 3.8) is 0 Å². The van der Waals surface area contributed by atoms with Gasteiger partial charge in [0.05, 0.1) is 7.11 Å². The average molecular weight is 277 g/mol. The van der Waals surface area contributed by atoms with E-state index in [2.05, 4.69) is 0 Å². The van der Waals surface area contributed by atoms with Crippen LogP contribution in [0.15, 0.2) is 36.4 Å². The predicted octanol–water partition coefficient (Wildman–Crippen LogP) is 4.02. The Kier molecular flexibility index (Phi) is 3.76. The van der Waals surface area contributed by atoms with Crippen molar-refractivity contribution in [3.8, 4) is 16.9 Å². The summed E-state index contributed by atoms with van der Waals surface area (Å²) in [5.74, 6) is -0.609. The zero-order chi connectivity index (χ0) is 14.0. The Morgan fingerprint density at radius 3 is 2.32 bits per heavy atom. The predicted molar refractivity (Wildman–Crippen MR) is 75.1 cm³/mol. The molecule has 0 saturated carbocycles. The van der Waals surface area contributed by atoms with Gasteiger partial charge in [-0.2, -0.15) is 0 Å². The van der Waals surface area contributed by atoms with Gasteiger partial charge < -0.3 is 9.84 Å². The zero-order valence-electron chi connectivity index (χ0n) is 10.6. The highest BCUT2D eigenvalue weighted by atomic mass is 35.5. The number of hydrogen-bond donors (Lipinski definition) is 1. The minimum absolute atomic E-state index is 0.165. The first kappa shape index (κ1) is 13.4. The summed E-state index contributed by atoms with van der Waals surface area (Å²) in [7, 11) is 1.47. The first-order valence-electron chi connectivity index (χ1n) is 5.71. The van der Waals surface area contributed by atoms with E-state index in [1.807, 2.05) is 19.1 Å². The van der Waals surface area contributed by atoms with Crippen LogP contribution in [0.1, 0.15) is 15.9 Å². The molecule has 0 radical (unpaired) electrons. The van der Waals surface area contributed by atoms with E-state index in [4.69, 9.17) is 21.4 Å². The molecule has 2 aromatic rings. The van der Waals surface area contributed by atoms with Crippen LogP contribution >= 0.6 is 11.6 Å². The highest BCUT2D eigenvalue weighted by Gasteiger charge is 2.16. The number of carboxylic acid groups (broad SMARTS) is 1. The minimum Gasteiger partial charge on any atom is -0.496 e. The van der Waals surface area contributed by atoms with Gasteiger partial charge >= 0.3 is 5.97 Å². The molecule has 1 N–H and O–H groups in total. The van der Waals surface area contributed by atoms with E-state index in [1.54, 1.807) is 24.3 Å². The minimum atomic E-state index is -0.998. The molecule has 0 aliphatic rings. The zero-order valence-corrected chi connectivity index (χ0v) is 11.4. The first-order valence-corrected chi connectivity index (χ1v) is 6.09. The van der Waals surface area contributed by atoms with Crippen molar-refractivity contribution < 1.29 is 14.6 Å². The largest absolute Gasteiger partial charge is 0.496 e. The third kappa shape index (κ3) is 2.56. The fourth-order valence-electron chi connectivity index (χ4n) is 2.07. The van der Waals surface area contributed by atoms with Gasteiger partial charge in [-0.3, -0.25) is 0 Å². The third-order valence-electron chi connectivity index (χ3n) is 3.00. The van der Waals surface area contributed by atoms with E-state index in [1.165, 1.54) is 7.11 Å². The Hall–Kier alpha value is -2.00. The van der Waals surface area contributed by atoms with Crippen LogP contribution in [0, 0.1) is 6.92 Å². The Morgan fingerprint density at radius 1 is 1.16 bits per heavy atom. The summed E-state index contributed by atoms with van der Waals surface area (Å²) in [6.07, 6.45) is 0. The molecular formula is C15H13ClO3. The van der Waals surface area contributed by atoms with Gasteiger partial charge in [-0.1, -0.05) is 29.8 Å². The maximum atomic E-state index is 11.1. The molecule has 0 amide bonds. The van der Waals surface area contributed by atoms with E-state index >= 15 is 0 Å². The van der Waals surface area contributed by atoms with Gasteiger partial charge in [0.25, 0.3) is 0 Å². The third-order valence-corrected chi connectivity index (χ3v) is 3.25. The molecule has 0 atom stereocenters. The van der Waals surface area contributed by atoms with Crippen LogP contribution in [0.3, 0.4) is 0 Å². The Labute approximate surface area is 116 Å². The van der Waals surface area contributed by atoms with Crippen LogP contribution < -0.4 is 4.74 Å². The van der Waals surface area contributed by atoms with Crippen LogP contribution in [0.2, 0.25) is 5.02 Å². The van der Waals surface area contributed by atoms with Gasteiger partial charge in [-0.05, 0) is 41.8 Å². The SMILES string of the molecule is COc1c(C(=O)O)ccc(-c2ccc(Cl)cc2)c1C. The van der Waals surface area contributed by atoms with Gasteiger partial charge in [-0.15, -0.1) is 0 Å². The molecule has 98 valence electrons. The van der Waals surface area contributed by atoms with Crippen LogP contribution in [-0.4, -0.2) is 18.2 Å². The fraction of sp³-hybridized carbons (Fsp3) is 0.133. The summed E-state index contributed by atoms with van der Waals surface area (Å²) in [6, 6.07) is 10.7. The maximum absolute atomic E-state index is 11.1. The number of rotatable bonds is 3. The standard InChI is InChI=1S/C15H13ClO3/c1-9-12(10-3-5-11(16)6-4-10)7-8-13(15(17)18)14(9)19-2/h3-8H,1-2H3,(H,17,18). The molecule has 4 heteroatoms. The van der Waals surface area contributed by atoms with Crippen molar-refractivity contribution in [2.75, 3.05) is 7.11 Å². The van der Waals surface area contributed by atoms with Gasteiger partial charge in [0.15, 0.2) is 0 Å². The lowest BCUT2D eigenvalue weighted by Gasteiger charge is -2.13. The smallest absolute Gasteiger partial charge is 0.339 e. The summed E-state index contributed by atoms with van der Waals surface area (Å²) in [5, 5.41) is 9.78. The second kappa shape index (κ2) is 5.33. The average Bonchev–Trinajstić information content (AvgIpc) is 2.39. The van der Waals surface area contributed by atoms with E-state index in [-0.39, 0.29) is 5.56 Å². The Bertz CT molecular complexity index is 618. The van der Waals surface area contributed by atoms with E-state index in [0.717, 1.165) is 16.7 Å². The quantitative estimate of drug-likeness (QED) is 0.921.